The number of rotatable bonds is 4. The fourth-order valence-electron chi connectivity index (χ4n) is 1.18. The summed E-state index contributed by atoms with van der Waals surface area (Å²) in [5.41, 5.74) is 6.31. The zero-order valence-electron chi connectivity index (χ0n) is 9.00. The lowest BCUT2D eigenvalue weighted by atomic mass is 10.4. The highest BCUT2D eigenvalue weighted by molar-refractivity contribution is 5.17. The minimum Gasteiger partial charge on any atom is -0.421 e. The van der Waals surface area contributed by atoms with Crippen molar-refractivity contribution in [1.29, 1.82) is 0 Å². The van der Waals surface area contributed by atoms with E-state index >= 15 is 0 Å². The van der Waals surface area contributed by atoms with E-state index in [9.17, 15) is 0 Å². The summed E-state index contributed by atoms with van der Waals surface area (Å²) in [6.07, 6.45) is 6.71. The van der Waals surface area contributed by atoms with Gasteiger partial charge in [0.05, 0.1) is 12.4 Å². The molecule has 6 nitrogen and oxygen atoms in total. The van der Waals surface area contributed by atoms with Crippen molar-refractivity contribution < 1.29 is 4.74 Å². The summed E-state index contributed by atoms with van der Waals surface area (Å²) in [5.74, 6) is 0.627. The van der Waals surface area contributed by atoms with Gasteiger partial charge in [0.15, 0.2) is 5.75 Å². The Bertz CT molecular complexity index is 450. The molecule has 0 spiro atoms. The van der Waals surface area contributed by atoms with Crippen LogP contribution >= 0.6 is 0 Å². The summed E-state index contributed by atoms with van der Waals surface area (Å²) >= 11 is 0. The van der Waals surface area contributed by atoms with Gasteiger partial charge in [-0.15, -0.1) is 0 Å². The molecule has 0 aliphatic carbocycles. The molecule has 0 saturated heterocycles. The molecular formula is C10H13N5O. The molecule has 0 aromatic carbocycles. The summed E-state index contributed by atoms with van der Waals surface area (Å²) in [4.78, 5) is 8.06. The van der Waals surface area contributed by atoms with Crippen molar-refractivity contribution in [2.75, 3.05) is 0 Å². The largest absolute Gasteiger partial charge is 0.421 e. The normalized spacial score (nSPS) is 10.4. The van der Waals surface area contributed by atoms with Crippen molar-refractivity contribution in [3.8, 4) is 11.8 Å². The average molecular weight is 219 g/mol. The van der Waals surface area contributed by atoms with Crippen molar-refractivity contribution in [2.45, 2.75) is 20.0 Å². The van der Waals surface area contributed by atoms with Gasteiger partial charge in [-0.05, 0) is 6.92 Å². The van der Waals surface area contributed by atoms with Gasteiger partial charge < -0.3 is 10.5 Å². The molecule has 2 aromatic heterocycles. The number of aromatic nitrogens is 4. The Labute approximate surface area is 93.1 Å². The molecule has 6 heteroatoms. The van der Waals surface area contributed by atoms with Crippen LogP contribution in [0.4, 0.5) is 0 Å². The van der Waals surface area contributed by atoms with E-state index in [1.54, 1.807) is 29.5 Å². The average Bonchev–Trinajstić information content (AvgIpc) is 2.78. The number of nitrogens with zero attached hydrogens (tertiary/aromatic N) is 4. The van der Waals surface area contributed by atoms with E-state index in [1.807, 2.05) is 6.92 Å². The van der Waals surface area contributed by atoms with Gasteiger partial charge in [0.25, 0.3) is 0 Å². The first-order chi connectivity index (χ1) is 7.81. The van der Waals surface area contributed by atoms with Crippen LogP contribution in [-0.4, -0.2) is 19.7 Å². The second-order valence-corrected chi connectivity index (χ2v) is 3.21. The van der Waals surface area contributed by atoms with Gasteiger partial charge in [0.2, 0.25) is 0 Å². The third-order valence-electron chi connectivity index (χ3n) is 2.06. The zero-order valence-corrected chi connectivity index (χ0v) is 9.00. The summed E-state index contributed by atoms with van der Waals surface area (Å²) in [6.45, 7) is 3.23. The number of aryl methyl sites for hydroxylation is 1. The molecule has 0 saturated carbocycles. The Kier molecular flexibility index (Phi) is 3.11. The first-order valence-electron chi connectivity index (χ1n) is 5.03. The molecule has 0 amide bonds. The van der Waals surface area contributed by atoms with Gasteiger partial charge in [0, 0.05) is 31.0 Å². The third kappa shape index (κ3) is 2.34. The van der Waals surface area contributed by atoms with E-state index in [2.05, 4.69) is 15.1 Å². The molecule has 0 aliphatic heterocycles. The predicted molar refractivity (Wildman–Crippen MR) is 57.9 cm³/mol. The van der Waals surface area contributed by atoms with Gasteiger partial charge in [-0.3, -0.25) is 4.68 Å². The van der Waals surface area contributed by atoms with Crippen LogP contribution in [0.25, 0.3) is 0 Å². The van der Waals surface area contributed by atoms with E-state index in [0.717, 1.165) is 12.1 Å². The SMILES string of the molecule is CCn1cc(Oc2ncc(CN)cn2)cn1. The Morgan fingerprint density at radius 1 is 1.31 bits per heavy atom. The first-order valence-corrected chi connectivity index (χ1v) is 5.03. The Hall–Kier alpha value is -1.95. The summed E-state index contributed by atoms with van der Waals surface area (Å²) < 4.78 is 7.18. The molecule has 2 heterocycles. The molecule has 0 bridgehead atoms. The summed E-state index contributed by atoms with van der Waals surface area (Å²) in [5, 5.41) is 4.08. The third-order valence-corrected chi connectivity index (χ3v) is 2.06. The fourth-order valence-corrected chi connectivity index (χ4v) is 1.18. The minimum atomic E-state index is 0.299. The number of hydrogen-bond donors (Lipinski definition) is 1. The van der Waals surface area contributed by atoms with Crippen LogP contribution in [0.5, 0.6) is 11.8 Å². The van der Waals surface area contributed by atoms with Crippen LogP contribution in [0.1, 0.15) is 12.5 Å². The first kappa shape index (κ1) is 10.6. The van der Waals surface area contributed by atoms with E-state index in [1.165, 1.54) is 0 Å². The van der Waals surface area contributed by atoms with E-state index in [4.69, 9.17) is 10.5 Å². The van der Waals surface area contributed by atoms with E-state index in [-0.39, 0.29) is 0 Å². The Morgan fingerprint density at radius 2 is 2.06 bits per heavy atom. The zero-order chi connectivity index (χ0) is 11.4. The predicted octanol–water partition coefficient (Wildman–Crippen LogP) is 0.944. The maximum atomic E-state index is 5.44. The quantitative estimate of drug-likeness (QED) is 0.828. The van der Waals surface area contributed by atoms with E-state index in [0.29, 0.717) is 18.3 Å². The molecule has 0 atom stereocenters. The van der Waals surface area contributed by atoms with Crippen molar-refractivity contribution in [2.24, 2.45) is 5.73 Å². The fraction of sp³-hybridized carbons (Fsp3) is 0.300. The number of hydrogen-bond acceptors (Lipinski definition) is 5. The minimum absolute atomic E-state index is 0.299. The van der Waals surface area contributed by atoms with E-state index < -0.39 is 0 Å². The van der Waals surface area contributed by atoms with Crippen molar-refractivity contribution in [1.82, 2.24) is 19.7 Å². The molecule has 2 rings (SSSR count). The molecule has 0 aliphatic rings. The van der Waals surface area contributed by atoms with Crippen LogP contribution < -0.4 is 10.5 Å². The Balaban J connectivity index is 2.08. The van der Waals surface area contributed by atoms with Crippen LogP contribution in [0.15, 0.2) is 24.8 Å². The molecule has 16 heavy (non-hydrogen) atoms. The molecular weight excluding hydrogens is 206 g/mol. The molecule has 2 N–H and O–H groups in total. The van der Waals surface area contributed by atoms with Crippen LogP contribution in [0.3, 0.4) is 0 Å². The maximum Gasteiger partial charge on any atom is 0.321 e. The van der Waals surface area contributed by atoms with Crippen molar-refractivity contribution >= 4 is 0 Å². The van der Waals surface area contributed by atoms with Gasteiger partial charge in [-0.2, -0.15) is 5.10 Å². The van der Waals surface area contributed by atoms with Gasteiger partial charge in [-0.1, -0.05) is 0 Å². The summed E-state index contributed by atoms with van der Waals surface area (Å²) in [7, 11) is 0. The highest BCUT2D eigenvalue weighted by atomic mass is 16.5. The van der Waals surface area contributed by atoms with Gasteiger partial charge in [-0.25, -0.2) is 9.97 Å². The van der Waals surface area contributed by atoms with Crippen molar-refractivity contribution in [3.05, 3.63) is 30.4 Å². The molecule has 0 fully saturated rings. The number of ether oxygens (including phenoxy) is 1. The van der Waals surface area contributed by atoms with Gasteiger partial charge >= 0.3 is 6.01 Å². The molecule has 0 unspecified atom stereocenters. The summed E-state index contributed by atoms with van der Waals surface area (Å²) in [6, 6.07) is 0.299. The molecule has 2 aromatic rings. The van der Waals surface area contributed by atoms with Crippen LogP contribution in [0.2, 0.25) is 0 Å². The highest BCUT2D eigenvalue weighted by Gasteiger charge is 2.02. The monoisotopic (exact) mass is 219 g/mol. The molecule has 0 radical (unpaired) electrons. The number of nitrogens with two attached hydrogens (primary N) is 1. The lowest BCUT2D eigenvalue weighted by Crippen LogP contribution is -1.99. The van der Waals surface area contributed by atoms with Gasteiger partial charge in [0.1, 0.15) is 0 Å². The standard InChI is InChI=1S/C10H13N5O/c1-2-15-7-9(6-14-15)16-10-12-4-8(3-11)5-13-10/h4-7H,2-3,11H2,1H3. The topological polar surface area (TPSA) is 78.9 Å². The van der Waals surface area contributed by atoms with Crippen LogP contribution in [-0.2, 0) is 13.1 Å². The van der Waals surface area contributed by atoms with Crippen molar-refractivity contribution in [3.63, 3.8) is 0 Å². The van der Waals surface area contributed by atoms with Crippen LogP contribution in [0, 0.1) is 0 Å². The Morgan fingerprint density at radius 3 is 2.62 bits per heavy atom. The highest BCUT2D eigenvalue weighted by Crippen LogP contribution is 2.15. The second-order valence-electron chi connectivity index (χ2n) is 3.21. The lowest BCUT2D eigenvalue weighted by molar-refractivity contribution is 0.440. The smallest absolute Gasteiger partial charge is 0.321 e. The molecule has 84 valence electrons. The maximum absolute atomic E-state index is 5.44. The lowest BCUT2D eigenvalue weighted by Gasteiger charge is -2.00. The second kappa shape index (κ2) is 4.71.